The van der Waals surface area contributed by atoms with Crippen LogP contribution in [0.15, 0.2) is 42.6 Å². The Bertz CT molecular complexity index is 882. The fraction of sp³-hybridized carbons (Fsp3) is 0.381. The van der Waals surface area contributed by atoms with Crippen molar-refractivity contribution < 1.29 is 4.79 Å². The van der Waals surface area contributed by atoms with Gasteiger partial charge in [-0.15, -0.1) is 0 Å². The Morgan fingerprint density at radius 2 is 1.89 bits per heavy atom. The molecular formula is C21H23N5O. The molecular weight excluding hydrogens is 338 g/mol. The van der Waals surface area contributed by atoms with Gasteiger partial charge in [0.1, 0.15) is 11.9 Å². The topological polar surface area (TPSA) is 63.5 Å². The van der Waals surface area contributed by atoms with Crippen molar-refractivity contribution in [3.8, 4) is 6.07 Å². The SMILES string of the molecule is CC(C(=O)N1CCc2ccccc21)N1CCN(c2ncccc2C#N)CC1. The number of nitriles is 1. The van der Waals surface area contributed by atoms with Gasteiger partial charge in [0.25, 0.3) is 0 Å². The van der Waals surface area contributed by atoms with Gasteiger partial charge in [0, 0.05) is 44.6 Å². The number of pyridine rings is 1. The predicted octanol–water partition coefficient (Wildman–Crippen LogP) is 2.05. The second-order valence-electron chi connectivity index (χ2n) is 7.05. The quantitative estimate of drug-likeness (QED) is 0.837. The van der Waals surface area contributed by atoms with Gasteiger partial charge in [0.15, 0.2) is 0 Å². The Labute approximate surface area is 159 Å². The van der Waals surface area contributed by atoms with Crippen molar-refractivity contribution in [1.82, 2.24) is 9.88 Å². The Balaban J connectivity index is 1.41. The molecule has 0 N–H and O–H groups in total. The number of rotatable bonds is 3. The summed E-state index contributed by atoms with van der Waals surface area (Å²) in [5.41, 5.74) is 2.91. The highest BCUT2D eigenvalue weighted by atomic mass is 16.2. The lowest BCUT2D eigenvalue weighted by Gasteiger charge is -2.39. The zero-order chi connectivity index (χ0) is 18.8. The van der Waals surface area contributed by atoms with E-state index in [2.05, 4.69) is 26.9 Å². The third-order valence-corrected chi connectivity index (χ3v) is 5.58. The van der Waals surface area contributed by atoms with Gasteiger partial charge >= 0.3 is 0 Å². The largest absolute Gasteiger partial charge is 0.353 e. The van der Waals surface area contributed by atoms with Crippen LogP contribution in [-0.4, -0.2) is 54.6 Å². The van der Waals surface area contributed by atoms with Gasteiger partial charge in [-0.05, 0) is 37.1 Å². The van der Waals surface area contributed by atoms with Gasteiger partial charge in [-0.2, -0.15) is 5.26 Å². The minimum atomic E-state index is -0.155. The Morgan fingerprint density at radius 1 is 1.11 bits per heavy atom. The summed E-state index contributed by atoms with van der Waals surface area (Å²) in [5, 5.41) is 9.29. The standard InChI is InChI=1S/C21H23N5O/c1-16(21(27)26-10-8-17-5-2-3-7-19(17)26)24-11-13-25(14-12-24)20-18(15-22)6-4-9-23-20/h2-7,9,16H,8,10-14H2,1H3. The van der Waals surface area contributed by atoms with Crippen LogP contribution >= 0.6 is 0 Å². The van der Waals surface area contributed by atoms with E-state index in [1.807, 2.05) is 30.0 Å². The lowest BCUT2D eigenvalue weighted by Crippen LogP contribution is -2.54. The number of hydrogen-bond donors (Lipinski definition) is 0. The minimum absolute atomic E-state index is 0.155. The summed E-state index contributed by atoms with van der Waals surface area (Å²) in [6.45, 7) is 5.86. The minimum Gasteiger partial charge on any atom is -0.353 e. The van der Waals surface area contributed by atoms with Crippen LogP contribution in [-0.2, 0) is 11.2 Å². The molecule has 2 aliphatic rings. The van der Waals surface area contributed by atoms with Crippen molar-refractivity contribution in [1.29, 1.82) is 5.26 Å². The molecule has 6 heteroatoms. The van der Waals surface area contributed by atoms with E-state index in [-0.39, 0.29) is 11.9 Å². The van der Waals surface area contributed by atoms with Gasteiger partial charge in [0.05, 0.1) is 11.6 Å². The molecule has 0 bridgehead atoms. The van der Waals surface area contributed by atoms with E-state index in [0.29, 0.717) is 5.56 Å². The van der Waals surface area contributed by atoms with E-state index < -0.39 is 0 Å². The average Bonchev–Trinajstić information content (AvgIpc) is 3.17. The molecule has 6 nitrogen and oxygen atoms in total. The first-order chi connectivity index (χ1) is 13.2. The lowest BCUT2D eigenvalue weighted by molar-refractivity contribution is -0.123. The summed E-state index contributed by atoms with van der Waals surface area (Å²) in [7, 11) is 0. The maximum absolute atomic E-state index is 13.1. The molecule has 1 aromatic heterocycles. The van der Waals surface area contributed by atoms with Crippen LogP contribution in [0.5, 0.6) is 0 Å². The molecule has 1 saturated heterocycles. The zero-order valence-electron chi connectivity index (χ0n) is 15.5. The number of aromatic nitrogens is 1. The molecule has 1 aromatic carbocycles. The molecule has 1 fully saturated rings. The van der Waals surface area contributed by atoms with E-state index in [0.717, 1.165) is 50.6 Å². The number of hydrogen-bond acceptors (Lipinski definition) is 5. The third kappa shape index (κ3) is 3.26. The molecule has 4 rings (SSSR count). The smallest absolute Gasteiger partial charge is 0.244 e. The van der Waals surface area contributed by atoms with E-state index in [1.54, 1.807) is 18.3 Å². The van der Waals surface area contributed by atoms with Crippen molar-refractivity contribution in [3.05, 3.63) is 53.7 Å². The predicted molar refractivity (Wildman–Crippen MR) is 105 cm³/mol. The maximum atomic E-state index is 13.1. The Hall–Kier alpha value is -2.91. The molecule has 27 heavy (non-hydrogen) atoms. The summed E-state index contributed by atoms with van der Waals surface area (Å²) >= 11 is 0. The second-order valence-corrected chi connectivity index (χ2v) is 7.05. The molecule has 1 amide bonds. The van der Waals surface area contributed by atoms with E-state index >= 15 is 0 Å². The lowest BCUT2D eigenvalue weighted by atomic mass is 10.1. The van der Waals surface area contributed by atoms with Crippen molar-refractivity contribution in [3.63, 3.8) is 0 Å². The second kappa shape index (κ2) is 7.37. The molecule has 2 aliphatic heterocycles. The summed E-state index contributed by atoms with van der Waals surface area (Å²) < 4.78 is 0. The van der Waals surface area contributed by atoms with Crippen LogP contribution in [0.25, 0.3) is 0 Å². The van der Waals surface area contributed by atoms with Crippen molar-refractivity contribution >= 4 is 17.4 Å². The summed E-state index contributed by atoms with van der Waals surface area (Å²) in [5.74, 6) is 0.913. The fourth-order valence-electron chi connectivity index (χ4n) is 4.01. The molecule has 3 heterocycles. The van der Waals surface area contributed by atoms with E-state index in [1.165, 1.54) is 5.56 Å². The average molecular weight is 361 g/mol. The first-order valence-corrected chi connectivity index (χ1v) is 9.42. The molecule has 1 atom stereocenters. The van der Waals surface area contributed by atoms with Crippen LogP contribution < -0.4 is 9.80 Å². The number of anilines is 2. The molecule has 0 spiro atoms. The number of piperazine rings is 1. The molecule has 1 unspecified atom stereocenters. The molecule has 0 aliphatic carbocycles. The maximum Gasteiger partial charge on any atom is 0.244 e. The van der Waals surface area contributed by atoms with E-state index in [4.69, 9.17) is 0 Å². The zero-order valence-corrected chi connectivity index (χ0v) is 15.5. The van der Waals surface area contributed by atoms with Gasteiger partial charge in [0.2, 0.25) is 5.91 Å². The number of fused-ring (bicyclic) bond motifs is 1. The normalized spacial score (nSPS) is 18.1. The van der Waals surface area contributed by atoms with Crippen molar-refractivity contribution in [2.45, 2.75) is 19.4 Å². The highest BCUT2D eigenvalue weighted by molar-refractivity contribution is 5.98. The Kier molecular flexibility index (Phi) is 4.78. The Morgan fingerprint density at radius 3 is 2.67 bits per heavy atom. The number of amides is 1. The summed E-state index contributed by atoms with van der Waals surface area (Å²) in [6.07, 6.45) is 2.65. The first-order valence-electron chi connectivity index (χ1n) is 9.42. The first kappa shape index (κ1) is 17.5. The van der Waals surface area contributed by atoms with Gasteiger partial charge in [-0.3, -0.25) is 9.69 Å². The summed E-state index contributed by atoms with van der Waals surface area (Å²) in [4.78, 5) is 23.7. The fourth-order valence-corrected chi connectivity index (χ4v) is 4.01. The van der Waals surface area contributed by atoms with Gasteiger partial charge < -0.3 is 9.80 Å². The summed E-state index contributed by atoms with van der Waals surface area (Å²) in [6, 6.07) is 13.8. The number of nitrogens with zero attached hydrogens (tertiary/aromatic N) is 5. The van der Waals surface area contributed by atoms with Crippen molar-refractivity contribution in [2.24, 2.45) is 0 Å². The van der Waals surface area contributed by atoms with Crippen LogP contribution in [0.1, 0.15) is 18.1 Å². The highest BCUT2D eigenvalue weighted by Gasteiger charge is 2.32. The molecule has 2 aromatic rings. The van der Waals surface area contributed by atoms with Crippen LogP contribution in [0, 0.1) is 11.3 Å². The molecule has 0 saturated carbocycles. The highest BCUT2D eigenvalue weighted by Crippen LogP contribution is 2.28. The van der Waals surface area contributed by atoms with Gasteiger partial charge in [-0.1, -0.05) is 18.2 Å². The number of benzene rings is 1. The number of carbonyl (C=O) groups is 1. The number of para-hydroxylation sites is 1. The molecule has 138 valence electrons. The monoisotopic (exact) mass is 361 g/mol. The van der Waals surface area contributed by atoms with E-state index in [9.17, 15) is 10.1 Å². The number of carbonyl (C=O) groups excluding carboxylic acids is 1. The van der Waals surface area contributed by atoms with Crippen LogP contribution in [0.2, 0.25) is 0 Å². The van der Waals surface area contributed by atoms with Gasteiger partial charge in [-0.25, -0.2) is 4.98 Å². The van der Waals surface area contributed by atoms with Crippen LogP contribution in [0.4, 0.5) is 11.5 Å². The van der Waals surface area contributed by atoms with Crippen LogP contribution in [0.3, 0.4) is 0 Å². The third-order valence-electron chi connectivity index (χ3n) is 5.58. The molecule has 0 radical (unpaired) electrons. The van der Waals surface area contributed by atoms with Crippen molar-refractivity contribution in [2.75, 3.05) is 42.5 Å².